The molecule has 1 fully saturated rings. The number of hydrazone groups is 1. The summed E-state index contributed by atoms with van der Waals surface area (Å²) in [7, 11) is 0. The van der Waals surface area contributed by atoms with E-state index in [1.807, 2.05) is 63.2 Å². The van der Waals surface area contributed by atoms with Crippen LogP contribution in [0.1, 0.15) is 43.5 Å². The molecule has 3 aromatic carbocycles. The van der Waals surface area contributed by atoms with Crippen LogP contribution in [0.15, 0.2) is 83.7 Å². The SMILES string of the molecule is CC(C)(C)OC(=O)N/C(=C1\N(c2c(Cl)cccc2Cl)N=C2CO[C@@H]3Cc4ccccc4[C@@H]3N21)c1ccccc1. The molecule has 1 aliphatic carbocycles. The van der Waals surface area contributed by atoms with E-state index >= 15 is 0 Å². The van der Waals surface area contributed by atoms with Crippen LogP contribution < -0.4 is 10.3 Å². The number of para-hydroxylation sites is 1. The van der Waals surface area contributed by atoms with Crippen LogP contribution in [0.25, 0.3) is 5.70 Å². The maximum atomic E-state index is 13.2. The normalized spacial score (nSPS) is 21.1. The lowest BCUT2D eigenvalue weighted by atomic mass is 10.0. The first-order valence-corrected chi connectivity index (χ1v) is 13.6. The number of morpholine rings is 1. The molecule has 0 aromatic heterocycles. The molecular weight excluding hydrogens is 535 g/mol. The van der Waals surface area contributed by atoms with Gasteiger partial charge in [-0.1, -0.05) is 83.9 Å². The summed E-state index contributed by atoms with van der Waals surface area (Å²) < 4.78 is 12.0. The van der Waals surface area contributed by atoms with Crippen LogP contribution in [-0.2, 0) is 15.9 Å². The number of nitrogens with zero attached hydrogens (tertiary/aromatic N) is 3. The largest absolute Gasteiger partial charge is 0.444 e. The fourth-order valence-corrected chi connectivity index (χ4v) is 5.90. The van der Waals surface area contributed by atoms with Crippen molar-refractivity contribution in [1.82, 2.24) is 10.2 Å². The number of hydrogen-bond donors (Lipinski definition) is 1. The molecule has 1 N–H and O–H groups in total. The van der Waals surface area contributed by atoms with Gasteiger partial charge in [0.25, 0.3) is 0 Å². The number of alkyl carbamates (subject to hydrolysis) is 1. The molecular formula is C30H28Cl2N4O3. The number of amides is 1. The van der Waals surface area contributed by atoms with Crippen LogP contribution in [0.3, 0.4) is 0 Å². The topological polar surface area (TPSA) is 66.4 Å². The van der Waals surface area contributed by atoms with Crippen LogP contribution in [0.4, 0.5) is 10.5 Å². The Morgan fingerprint density at radius 3 is 2.41 bits per heavy atom. The van der Waals surface area contributed by atoms with Gasteiger partial charge in [0.05, 0.1) is 27.9 Å². The molecule has 3 aliphatic rings. The quantitative estimate of drug-likeness (QED) is 0.373. The second-order valence-corrected chi connectivity index (χ2v) is 11.5. The van der Waals surface area contributed by atoms with E-state index in [-0.39, 0.29) is 12.1 Å². The predicted molar refractivity (Wildman–Crippen MR) is 154 cm³/mol. The summed E-state index contributed by atoms with van der Waals surface area (Å²) in [6, 6.07) is 23.1. The highest BCUT2D eigenvalue weighted by atomic mass is 35.5. The van der Waals surface area contributed by atoms with Gasteiger partial charge in [-0.25, -0.2) is 9.80 Å². The summed E-state index contributed by atoms with van der Waals surface area (Å²) in [5.74, 6) is 1.31. The molecule has 0 spiro atoms. The number of benzene rings is 3. The molecule has 0 saturated carbocycles. The summed E-state index contributed by atoms with van der Waals surface area (Å²) in [5, 5.41) is 10.6. The molecule has 0 radical (unpaired) electrons. The number of hydrogen-bond acceptors (Lipinski definition) is 6. The van der Waals surface area contributed by atoms with Crippen molar-refractivity contribution in [3.8, 4) is 0 Å². The lowest BCUT2D eigenvalue weighted by Gasteiger charge is -2.39. The minimum absolute atomic E-state index is 0.0865. The average Bonchev–Trinajstić information content (AvgIpc) is 3.45. The first-order valence-electron chi connectivity index (χ1n) is 12.8. The Labute approximate surface area is 237 Å². The molecule has 2 aliphatic heterocycles. The van der Waals surface area contributed by atoms with E-state index in [9.17, 15) is 4.79 Å². The summed E-state index contributed by atoms with van der Waals surface area (Å²) in [6.07, 6.45) is 0.117. The molecule has 2 atom stereocenters. The van der Waals surface area contributed by atoms with Crippen molar-refractivity contribution < 1.29 is 14.3 Å². The van der Waals surface area contributed by atoms with E-state index in [1.54, 1.807) is 23.2 Å². The number of carbonyl (C=O) groups excluding carboxylic acids is 1. The molecule has 0 bridgehead atoms. The average molecular weight is 563 g/mol. The van der Waals surface area contributed by atoms with Crippen LogP contribution in [0.5, 0.6) is 0 Å². The zero-order valence-corrected chi connectivity index (χ0v) is 23.3. The second-order valence-electron chi connectivity index (χ2n) is 10.7. The molecule has 0 unspecified atom stereocenters. The van der Waals surface area contributed by atoms with Gasteiger partial charge < -0.3 is 9.47 Å². The van der Waals surface area contributed by atoms with Crippen LogP contribution in [0, 0.1) is 0 Å². The van der Waals surface area contributed by atoms with E-state index in [2.05, 4.69) is 22.3 Å². The molecule has 39 heavy (non-hydrogen) atoms. The summed E-state index contributed by atoms with van der Waals surface area (Å²) in [5.41, 5.74) is 3.50. The van der Waals surface area contributed by atoms with E-state index < -0.39 is 11.7 Å². The maximum absolute atomic E-state index is 13.2. The van der Waals surface area contributed by atoms with Crippen LogP contribution >= 0.6 is 23.2 Å². The van der Waals surface area contributed by atoms with Gasteiger partial charge in [0.1, 0.15) is 17.9 Å². The van der Waals surface area contributed by atoms with E-state index in [0.29, 0.717) is 39.7 Å². The zero-order chi connectivity index (χ0) is 27.3. The third kappa shape index (κ3) is 4.75. The van der Waals surface area contributed by atoms with Crippen molar-refractivity contribution in [2.45, 2.75) is 44.9 Å². The number of amidine groups is 1. The number of rotatable bonds is 3. The highest BCUT2D eigenvalue weighted by molar-refractivity contribution is 6.39. The standard InChI is InChI=1S/C30H28Cl2N4O3/c1-30(2,3)39-29(37)33-25(18-10-5-4-6-11-18)28-35-24(34-36(28)27-21(31)14-9-15-22(27)32)17-38-23-16-19-12-7-8-13-20(19)26(23)35/h4-15,23,26H,16-17H2,1-3H3,(H,33,37)/b28-25-/t23-,26+/m1/s1. The van der Waals surface area contributed by atoms with Crippen molar-refractivity contribution >= 4 is 46.5 Å². The molecule has 2 heterocycles. The second kappa shape index (κ2) is 9.90. The van der Waals surface area contributed by atoms with Gasteiger partial charge in [-0.15, -0.1) is 5.10 Å². The van der Waals surface area contributed by atoms with Gasteiger partial charge in [0.2, 0.25) is 0 Å². The molecule has 1 amide bonds. The first kappa shape index (κ1) is 25.7. The lowest BCUT2D eigenvalue weighted by molar-refractivity contribution is 0.0130. The number of anilines is 1. The highest BCUT2D eigenvalue weighted by Crippen LogP contribution is 2.49. The summed E-state index contributed by atoms with van der Waals surface area (Å²) in [4.78, 5) is 15.4. The Morgan fingerprint density at radius 2 is 1.69 bits per heavy atom. The van der Waals surface area contributed by atoms with Gasteiger partial charge in [0, 0.05) is 12.0 Å². The van der Waals surface area contributed by atoms with Crippen molar-refractivity contribution in [3.05, 3.63) is 105 Å². The van der Waals surface area contributed by atoms with E-state index in [0.717, 1.165) is 17.5 Å². The molecule has 7 nitrogen and oxygen atoms in total. The Kier molecular flexibility index (Phi) is 6.53. The Hall–Kier alpha value is -3.52. The smallest absolute Gasteiger partial charge is 0.412 e. The van der Waals surface area contributed by atoms with Crippen molar-refractivity contribution in [2.75, 3.05) is 11.6 Å². The van der Waals surface area contributed by atoms with Gasteiger partial charge >= 0.3 is 6.09 Å². The lowest BCUT2D eigenvalue weighted by Crippen LogP contribution is -2.46. The Balaban J connectivity index is 1.59. The Bertz CT molecular complexity index is 1480. The third-order valence-electron chi connectivity index (χ3n) is 6.84. The van der Waals surface area contributed by atoms with Crippen molar-refractivity contribution in [3.63, 3.8) is 0 Å². The molecule has 6 rings (SSSR count). The predicted octanol–water partition coefficient (Wildman–Crippen LogP) is 6.98. The van der Waals surface area contributed by atoms with Crippen LogP contribution in [-0.4, -0.2) is 35.1 Å². The summed E-state index contributed by atoms with van der Waals surface area (Å²) in [6.45, 7) is 5.79. The maximum Gasteiger partial charge on any atom is 0.412 e. The number of fused-ring (bicyclic) bond motifs is 5. The van der Waals surface area contributed by atoms with Crippen LogP contribution in [0.2, 0.25) is 10.0 Å². The summed E-state index contributed by atoms with van der Waals surface area (Å²) >= 11 is 13.5. The molecule has 1 saturated heterocycles. The molecule has 9 heteroatoms. The molecule has 3 aromatic rings. The first-order chi connectivity index (χ1) is 18.7. The minimum atomic E-state index is -0.686. The minimum Gasteiger partial charge on any atom is -0.444 e. The monoisotopic (exact) mass is 562 g/mol. The highest BCUT2D eigenvalue weighted by Gasteiger charge is 2.49. The van der Waals surface area contributed by atoms with E-state index in [1.165, 1.54) is 5.56 Å². The fourth-order valence-electron chi connectivity index (χ4n) is 5.34. The van der Waals surface area contributed by atoms with Crippen molar-refractivity contribution in [1.29, 1.82) is 0 Å². The number of ether oxygens (including phenoxy) is 2. The molecule has 200 valence electrons. The third-order valence-corrected chi connectivity index (χ3v) is 7.45. The van der Waals surface area contributed by atoms with Gasteiger partial charge in [-0.3, -0.25) is 10.2 Å². The van der Waals surface area contributed by atoms with Gasteiger partial charge in [-0.2, -0.15) is 0 Å². The number of carbonyl (C=O) groups is 1. The number of halogens is 2. The Morgan fingerprint density at radius 1 is 1.00 bits per heavy atom. The number of nitrogens with one attached hydrogen (secondary N) is 1. The van der Waals surface area contributed by atoms with Crippen molar-refractivity contribution in [2.24, 2.45) is 5.10 Å². The zero-order valence-electron chi connectivity index (χ0n) is 21.8. The van der Waals surface area contributed by atoms with E-state index in [4.69, 9.17) is 37.8 Å². The van der Waals surface area contributed by atoms with Gasteiger partial charge in [-0.05, 0) is 44.0 Å². The van der Waals surface area contributed by atoms with Gasteiger partial charge in [0.15, 0.2) is 11.7 Å². The fraction of sp³-hybridized carbons (Fsp3) is 0.267.